The number of rotatable bonds is 4. The number of hydrogen-bond acceptors (Lipinski definition) is 3. The molecule has 1 aromatic carbocycles. The molecule has 0 aliphatic carbocycles. The van der Waals surface area contributed by atoms with Crippen LogP contribution in [0.2, 0.25) is 0 Å². The molecule has 22 heavy (non-hydrogen) atoms. The van der Waals surface area contributed by atoms with Crippen molar-refractivity contribution in [3.05, 3.63) is 46.8 Å². The van der Waals surface area contributed by atoms with E-state index in [0.717, 1.165) is 11.3 Å². The topological polar surface area (TPSA) is 82.5 Å². The third kappa shape index (κ3) is 3.16. The van der Waals surface area contributed by atoms with Gasteiger partial charge < -0.3 is 10.5 Å². The predicted octanol–water partition coefficient (Wildman–Crippen LogP) is 2.07. The monoisotopic (exact) mass is 300 g/mol. The van der Waals surface area contributed by atoms with Crippen LogP contribution in [0.4, 0.5) is 0 Å². The van der Waals surface area contributed by atoms with Crippen LogP contribution in [0, 0.1) is 13.8 Å². The second-order valence-electron chi connectivity index (χ2n) is 4.97. The first-order chi connectivity index (χ1) is 10.5. The Morgan fingerprint density at radius 3 is 2.73 bits per heavy atom. The van der Waals surface area contributed by atoms with E-state index in [1.807, 2.05) is 32.9 Å². The Bertz CT molecular complexity index is 732. The molecule has 0 aliphatic heterocycles. The van der Waals surface area contributed by atoms with Crippen molar-refractivity contribution in [3.63, 3.8) is 0 Å². The highest BCUT2D eigenvalue weighted by atomic mass is 16.5. The molecule has 0 aliphatic rings. The van der Waals surface area contributed by atoms with Gasteiger partial charge in [0.05, 0.1) is 12.8 Å². The summed E-state index contributed by atoms with van der Waals surface area (Å²) in [5.74, 6) is 0.460. The zero-order valence-corrected chi connectivity index (χ0v) is 13.3. The van der Waals surface area contributed by atoms with Crippen LogP contribution in [0.1, 0.15) is 34.2 Å². The summed E-state index contributed by atoms with van der Waals surface area (Å²) in [6, 6.07) is 7.16. The normalized spacial score (nSPS) is 11.5. The number of aryl methyl sites for hydroxylation is 3. The van der Waals surface area contributed by atoms with Crippen molar-refractivity contribution in [1.82, 2.24) is 9.78 Å². The van der Waals surface area contributed by atoms with E-state index in [2.05, 4.69) is 10.1 Å². The lowest BCUT2D eigenvalue weighted by atomic mass is 10.1. The van der Waals surface area contributed by atoms with Crippen LogP contribution in [-0.2, 0) is 6.54 Å². The fourth-order valence-corrected chi connectivity index (χ4v) is 2.17. The zero-order valence-electron chi connectivity index (χ0n) is 13.3. The lowest BCUT2D eigenvalue weighted by Crippen LogP contribution is -2.17. The third-order valence-corrected chi connectivity index (χ3v) is 3.35. The Kier molecular flexibility index (Phi) is 4.60. The number of methoxy groups -OCH3 is 1. The molecular weight excluding hydrogens is 280 g/mol. The minimum absolute atomic E-state index is 0.157. The number of hydrogen-bond donors (Lipinski definition) is 1. The largest absolute Gasteiger partial charge is 0.496 e. The number of nitrogens with zero attached hydrogens (tertiary/aromatic N) is 3. The maximum Gasteiger partial charge on any atom is 0.297 e. The fraction of sp³-hybridized carbons (Fsp3) is 0.312. The molecule has 116 valence electrons. The fourth-order valence-electron chi connectivity index (χ4n) is 2.17. The van der Waals surface area contributed by atoms with E-state index >= 15 is 0 Å². The van der Waals surface area contributed by atoms with Gasteiger partial charge in [-0.25, -0.2) is 0 Å². The number of ether oxygens (including phenoxy) is 1. The highest BCUT2D eigenvalue weighted by Crippen LogP contribution is 2.19. The number of amides is 1. The third-order valence-electron chi connectivity index (χ3n) is 3.35. The summed E-state index contributed by atoms with van der Waals surface area (Å²) >= 11 is 0. The number of aliphatic imine (C=N–C) groups is 1. The lowest BCUT2D eigenvalue weighted by molar-refractivity contribution is 0.0992. The van der Waals surface area contributed by atoms with Crippen molar-refractivity contribution in [2.24, 2.45) is 10.7 Å². The molecule has 2 rings (SSSR count). The van der Waals surface area contributed by atoms with E-state index in [9.17, 15) is 4.79 Å². The van der Waals surface area contributed by atoms with E-state index in [1.165, 1.54) is 0 Å². The molecule has 0 spiro atoms. The first-order valence-electron chi connectivity index (χ1n) is 7.04. The second kappa shape index (κ2) is 6.43. The molecule has 2 aromatic rings. The summed E-state index contributed by atoms with van der Waals surface area (Å²) in [6.07, 6.45) is 0. The van der Waals surface area contributed by atoms with Crippen molar-refractivity contribution in [3.8, 4) is 5.75 Å². The van der Waals surface area contributed by atoms with Crippen molar-refractivity contribution >= 4 is 11.7 Å². The van der Waals surface area contributed by atoms with Crippen molar-refractivity contribution < 1.29 is 9.53 Å². The minimum atomic E-state index is -0.403. The van der Waals surface area contributed by atoms with E-state index < -0.39 is 5.91 Å². The van der Waals surface area contributed by atoms with Gasteiger partial charge in [-0.05, 0) is 38.5 Å². The Morgan fingerprint density at radius 2 is 2.09 bits per heavy atom. The van der Waals surface area contributed by atoms with Crippen molar-refractivity contribution in [2.45, 2.75) is 27.3 Å². The van der Waals surface area contributed by atoms with Crippen LogP contribution >= 0.6 is 0 Å². The van der Waals surface area contributed by atoms with E-state index in [0.29, 0.717) is 23.6 Å². The average Bonchev–Trinajstić information content (AvgIpc) is 2.88. The summed E-state index contributed by atoms with van der Waals surface area (Å²) in [5, 5.41) is 4.23. The van der Waals surface area contributed by atoms with Gasteiger partial charge in [-0.3, -0.25) is 9.48 Å². The SMILES string of the molecule is CCn1nc(C)cc1C(=O)N=C(N)c1ccc(C)c(OC)c1. The number of carbonyl (C=O) groups excluding carboxylic acids is 1. The molecule has 0 unspecified atom stereocenters. The molecule has 6 nitrogen and oxygen atoms in total. The van der Waals surface area contributed by atoms with Gasteiger partial charge in [0.1, 0.15) is 17.3 Å². The summed E-state index contributed by atoms with van der Waals surface area (Å²) in [6.45, 7) is 6.29. The van der Waals surface area contributed by atoms with Crippen molar-refractivity contribution in [1.29, 1.82) is 0 Å². The van der Waals surface area contributed by atoms with Gasteiger partial charge in [0.15, 0.2) is 0 Å². The molecule has 0 saturated carbocycles. The Hall–Kier alpha value is -2.63. The maximum absolute atomic E-state index is 12.3. The van der Waals surface area contributed by atoms with Crippen LogP contribution < -0.4 is 10.5 Å². The average molecular weight is 300 g/mol. The molecule has 1 amide bonds. The van der Waals surface area contributed by atoms with Crippen LogP contribution in [-0.4, -0.2) is 28.6 Å². The highest BCUT2D eigenvalue weighted by Gasteiger charge is 2.13. The maximum atomic E-state index is 12.3. The van der Waals surface area contributed by atoms with Gasteiger partial charge in [-0.15, -0.1) is 0 Å². The molecule has 0 fully saturated rings. The van der Waals surface area contributed by atoms with Gasteiger partial charge in [0, 0.05) is 12.1 Å². The summed E-state index contributed by atoms with van der Waals surface area (Å²) in [7, 11) is 1.59. The second-order valence-corrected chi connectivity index (χ2v) is 4.97. The van der Waals surface area contributed by atoms with Crippen molar-refractivity contribution in [2.75, 3.05) is 7.11 Å². The highest BCUT2D eigenvalue weighted by molar-refractivity contribution is 6.08. The minimum Gasteiger partial charge on any atom is -0.496 e. The van der Waals surface area contributed by atoms with Gasteiger partial charge in [0.25, 0.3) is 5.91 Å². The van der Waals surface area contributed by atoms with Gasteiger partial charge >= 0.3 is 0 Å². The first kappa shape index (κ1) is 15.8. The molecule has 2 N–H and O–H groups in total. The molecule has 1 heterocycles. The number of carbonyl (C=O) groups is 1. The molecule has 0 radical (unpaired) electrons. The van der Waals surface area contributed by atoms with Crippen LogP contribution in [0.3, 0.4) is 0 Å². The molecular formula is C16H20N4O2. The van der Waals surface area contributed by atoms with E-state index in [1.54, 1.807) is 23.9 Å². The van der Waals surface area contributed by atoms with Crippen LogP contribution in [0.25, 0.3) is 0 Å². The smallest absolute Gasteiger partial charge is 0.297 e. The lowest BCUT2D eigenvalue weighted by Gasteiger charge is -2.07. The molecule has 6 heteroatoms. The summed E-state index contributed by atoms with van der Waals surface area (Å²) < 4.78 is 6.87. The Balaban J connectivity index is 2.33. The summed E-state index contributed by atoms with van der Waals surface area (Å²) in [5.41, 5.74) is 8.79. The Labute approximate surface area is 129 Å². The number of benzene rings is 1. The molecule has 0 saturated heterocycles. The Morgan fingerprint density at radius 1 is 1.36 bits per heavy atom. The van der Waals surface area contributed by atoms with Crippen LogP contribution in [0.5, 0.6) is 5.75 Å². The molecule has 1 aromatic heterocycles. The standard InChI is InChI=1S/C16H20N4O2/c1-5-20-13(8-11(3)19-20)16(21)18-15(17)12-7-6-10(2)14(9-12)22-4/h6-9H,5H2,1-4H3,(H2,17,18,21). The molecule has 0 bridgehead atoms. The summed E-state index contributed by atoms with van der Waals surface area (Å²) in [4.78, 5) is 16.3. The van der Waals surface area contributed by atoms with E-state index in [-0.39, 0.29) is 5.84 Å². The first-order valence-corrected chi connectivity index (χ1v) is 7.04. The number of nitrogens with two attached hydrogens (primary N) is 1. The van der Waals surface area contributed by atoms with Gasteiger partial charge in [-0.2, -0.15) is 10.1 Å². The number of amidine groups is 1. The molecule has 0 atom stereocenters. The quantitative estimate of drug-likeness (QED) is 0.692. The number of aromatic nitrogens is 2. The van der Waals surface area contributed by atoms with Gasteiger partial charge in [0.2, 0.25) is 0 Å². The van der Waals surface area contributed by atoms with Gasteiger partial charge in [-0.1, -0.05) is 12.1 Å². The van der Waals surface area contributed by atoms with E-state index in [4.69, 9.17) is 10.5 Å². The van der Waals surface area contributed by atoms with Crippen LogP contribution in [0.15, 0.2) is 29.3 Å². The zero-order chi connectivity index (χ0) is 16.3. The predicted molar refractivity (Wildman–Crippen MR) is 85.4 cm³/mol.